The topological polar surface area (TPSA) is 79.6 Å². The molecule has 0 atom stereocenters. The third-order valence-electron chi connectivity index (χ3n) is 1.46. The highest BCUT2D eigenvalue weighted by atomic mass is 16.5. The first-order chi connectivity index (χ1) is 6.63. The third-order valence-corrected chi connectivity index (χ3v) is 1.46. The normalized spacial score (nSPS) is 9.79. The number of ether oxygens (including phenoxy) is 1. The molecule has 0 aliphatic rings. The lowest BCUT2D eigenvalue weighted by atomic mass is 10.3. The van der Waals surface area contributed by atoms with E-state index in [1.165, 1.54) is 12.1 Å². The zero-order chi connectivity index (χ0) is 10.6. The first-order valence-electron chi connectivity index (χ1n) is 4.09. The van der Waals surface area contributed by atoms with Crippen LogP contribution in [0.15, 0.2) is 16.5 Å². The smallest absolute Gasteiger partial charge is 0.374 e. The lowest BCUT2D eigenvalue weighted by Crippen LogP contribution is -2.24. The minimum absolute atomic E-state index is 0.00287. The maximum Gasteiger partial charge on any atom is 0.374 e. The van der Waals surface area contributed by atoms with Crippen molar-refractivity contribution in [3.63, 3.8) is 0 Å². The van der Waals surface area contributed by atoms with Crippen molar-refractivity contribution in [1.82, 2.24) is 0 Å². The molecule has 1 rings (SSSR count). The molecular formula is C9H9O5-. The van der Waals surface area contributed by atoms with Crippen LogP contribution in [0.25, 0.3) is 0 Å². The quantitative estimate of drug-likeness (QED) is 0.622. The number of carbonyl (C=O) groups excluding carboxylic acids is 2. The number of hydrogen-bond acceptors (Lipinski definition) is 5. The summed E-state index contributed by atoms with van der Waals surface area (Å²) in [5.74, 6) is -1.68. The summed E-state index contributed by atoms with van der Waals surface area (Å²) >= 11 is 0. The van der Waals surface area contributed by atoms with Gasteiger partial charge in [0.25, 0.3) is 0 Å². The molecule has 0 amide bonds. The van der Waals surface area contributed by atoms with Crippen LogP contribution < -0.4 is 5.11 Å². The van der Waals surface area contributed by atoms with Crippen molar-refractivity contribution in [2.45, 2.75) is 13.3 Å². The van der Waals surface area contributed by atoms with Crippen LogP contribution in [-0.4, -0.2) is 18.5 Å². The zero-order valence-corrected chi connectivity index (χ0v) is 7.61. The molecule has 0 spiro atoms. The minimum Gasteiger partial charge on any atom is -0.550 e. The van der Waals surface area contributed by atoms with E-state index < -0.39 is 11.9 Å². The van der Waals surface area contributed by atoms with Gasteiger partial charge in [-0.05, 0) is 19.1 Å². The van der Waals surface area contributed by atoms with Crippen molar-refractivity contribution < 1.29 is 23.8 Å². The van der Waals surface area contributed by atoms with Crippen LogP contribution in [0.2, 0.25) is 0 Å². The van der Waals surface area contributed by atoms with Crippen LogP contribution in [0, 0.1) is 0 Å². The Balaban J connectivity index is 2.67. The number of hydrogen-bond donors (Lipinski definition) is 0. The van der Waals surface area contributed by atoms with Crippen molar-refractivity contribution >= 4 is 11.9 Å². The summed E-state index contributed by atoms with van der Waals surface area (Å²) in [6.07, 6.45) is -0.348. The number of rotatable bonds is 4. The molecule has 0 unspecified atom stereocenters. The van der Waals surface area contributed by atoms with E-state index in [2.05, 4.69) is 4.74 Å². The molecule has 0 aliphatic carbocycles. The second kappa shape index (κ2) is 4.45. The number of carbonyl (C=O) groups is 2. The fourth-order valence-corrected chi connectivity index (χ4v) is 0.927. The lowest BCUT2D eigenvalue weighted by Gasteiger charge is -1.98. The van der Waals surface area contributed by atoms with Crippen LogP contribution in [-0.2, 0) is 16.0 Å². The highest BCUT2D eigenvalue weighted by Crippen LogP contribution is 2.09. The average Bonchev–Trinajstić information content (AvgIpc) is 2.52. The van der Waals surface area contributed by atoms with Gasteiger partial charge in [-0.3, -0.25) is 0 Å². The van der Waals surface area contributed by atoms with E-state index in [9.17, 15) is 14.7 Å². The highest BCUT2D eigenvalue weighted by molar-refractivity contribution is 5.86. The van der Waals surface area contributed by atoms with Gasteiger partial charge < -0.3 is 19.1 Å². The van der Waals surface area contributed by atoms with E-state index in [0.717, 1.165) is 0 Å². The van der Waals surface area contributed by atoms with Crippen molar-refractivity contribution in [2.75, 3.05) is 6.61 Å². The van der Waals surface area contributed by atoms with E-state index in [0.29, 0.717) is 0 Å². The first kappa shape index (κ1) is 10.3. The molecule has 1 aromatic rings. The van der Waals surface area contributed by atoms with E-state index in [-0.39, 0.29) is 24.5 Å². The Morgan fingerprint density at radius 2 is 2.21 bits per heavy atom. The molecule has 1 aromatic heterocycles. The Morgan fingerprint density at radius 3 is 2.79 bits per heavy atom. The lowest BCUT2D eigenvalue weighted by molar-refractivity contribution is -0.305. The molecule has 76 valence electrons. The van der Waals surface area contributed by atoms with Gasteiger partial charge in [-0.2, -0.15) is 0 Å². The van der Waals surface area contributed by atoms with Crippen LogP contribution in [0.3, 0.4) is 0 Å². The first-order valence-corrected chi connectivity index (χ1v) is 4.09. The van der Waals surface area contributed by atoms with E-state index in [1.54, 1.807) is 6.92 Å². The molecule has 0 saturated heterocycles. The van der Waals surface area contributed by atoms with Crippen LogP contribution in [0.4, 0.5) is 0 Å². The summed E-state index contributed by atoms with van der Waals surface area (Å²) in [5, 5.41) is 10.2. The summed E-state index contributed by atoms with van der Waals surface area (Å²) in [6.45, 7) is 1.91. The van der Waals surface area contributed by atoms with Crippen LogP contribution in [0.1, 0.15) is 23.2 Å². The van der Waals surface area contributed by atoms with Gasteiger partial charge in [-0.15, -0.1) is 0 Å². The van der Waals surface area contributed by atoms with Crippen LogP contribution >= 0.6 is 0 Å². The Labute approximate surface area is 80.3 Å². The molecular weight excluding hydrogens is 188 g/mol. The van der Waals surface area contributed by atoms with Gasteiger partial charge in [0, 0.05) is 12.4 Å². The monoisotopic (exact) mass is 197 g/mol. The fraction of sp³-hybridized carbons (Fsp3) is 0.333. The third kappa shape index (κ3) is 2.62. The van der Waals surface area contributed by atoms with Gasteiger partial charge >= 0.3 is 5.97 Å². The van der Waals surface area contributed by atoms with Crippen molar-refractivity contribution in [3.05, 3.63) is 23.7 Å². The second-order valence-corrected chi connectivity index (χ2v) is 2.54. The number of furan rings is 1. The molecule has 0 saturated carbocycles. The summed E-state index contributed by atoms with van der Waals surface area (Å²) < 4.78 is 9.56. The molecule has 0 N–H and O–H groups in total. The van der Waals surface area contributed by atoms with Crippen molar-refractivity contribution in [1.29, 1.82) is 0 Å². The van der Waals surface area contributed by atoms with E-state index in [1.807, 2.05) is 0 Å². The molecule has 5 nitrogen and oxygen atoms in total. The van der Waals surface area contributed by atoms with Gasteiger partial charge in [-0.25, -0.2) is 4.79 Å². The number of carboxylic acid groups (broad SMARTS) is 1. The molecule has 0 aliphatic heterocycles. The predicted octanol–water partition coefficient (Wildman–Crippen LogP) is -0.251. The van der Waals surface area contributed by atoms with Gasteiger partial charge in [0.1, 0.15) is 5.76 Å². The number of carboxylic acids is 1. The minimum atomic E-state index is -1.25. The van der Waals surface area contributed by atoms with Gasteiger partial charge in [0.15, 0.2) is 0 Å². The Kier molecular flexibility index (Phi) is 3.28. The summed E-state index contributed by atoms with van der Waals surface area (Å²) in [5.41, 5.74) is 0. The molecule has 0 aromatic carbocycles. The van der Waals surface area contributed by atoms with Gasteiger partial charge in [0.05, 0.1) is 6.61 Å². The number of aliphatic carboxylic acids is 1. The van der Waals surface area contributed by atoms with E-state index >= 15 is 0 Å². The SMILES string of the molecule is CCOC(=O)c1ccc(CC(=O)[O-])o1. The molecule has 0 radical (unpaired) electrons. The molecule has 5 heteroatoms. The van der Waals surface area contributed by atoms with Crippen LogP contribution in [0.5, 0.6) is 0 Å². The van der Waals surface area contributed by atoms with Crippen molar-refractivity contribution in [3.8, 4) is 0 Å². The van der Waals surface area contributed by atoms with Gasteiger partial charge in [-0.1, -0.05) is 0 Å². The number of esters is 1. The zero-order valence-electron chi connectivity index (χ0n) is 7.61. The van der Waals surface area contributed by atoms with Gasteiger partial charge in [0.2, 0.25) is 5.76 Å². The summed E-state index contributed by atoms with van der Waals surface area (Å²) in [4.78, 5) is 21.3. The Hall–Kier alpha value is -1.78. The van der Waals surface area contributed by atoms with E-state index in [4.69, 9.17) is 4.42 Å². The molecule has 0 fully saturated rings. The standard InChI is InChI=1S/C9H10O5/c1-2-13-9(12)7-4-3-6(14-7)5-8(10)11/h3-4H,2,5H2,1H3,(H,10,11)/p-1. The maximum absolute atomic E-state index is 11.1. The predicted molar refractivity (Wildman–Crippen MR) is 43.4 cm³/mol. The Bertz CT molecular complexity index is 339. The average molecular weight is 197 g/mol. The second-order valence-electron chi connectivity index (χ2n) is 2.54. The molecule has 14 heavy (non-hydrogen) atoms. The molecule has 1 heterocycles. The maximum atomic E-state index is 11.1. The largest absolute Gasteiger partial charge is 0.550 e. The van der Waals surface area contributed by atoms with Crippen molar-refractivity contribution in [2.24, 2.45) is 0 Å². The molecule has 0 bridgehead atoms. The highest BCUT2D eigenvalue weighted by Gasteiger charge is 2.11. The summed E-state index contributed by atoms with van der Waals surface area (Å²) in [6, 6.07) is 2.78. The fourth-order valence-electron chi connectivity index (χ4n) is 0.927. The summed E-state index contributed by atoms with van der Waals surface area (Å²) in [7, 11) is 0. The Morgan fingerprint density at radius 1 is 1.50 bits per heavy atom.